The molecule has 0 radical (unpaired) electrons. The Hall–Kier alpha value is -3.35. The van der Waals surface area contributed by atoms with Crippen LogP contribution in [0.2, 0.25) is 0 Å². The molecule has 2 rings (SSSR count). The van der Waals surface area contributed by atoms with Crippen LogP contribution in [0.5, 0.6) is 5.75 Å². The van der Waals surface area contributed by atoms with Gasteiger partial charge >= 0.3 is 5.97 Å². The van der Waals surface area contributed by atoms with Gasteiger partial charge in [0.1, 0.15) is 17.8 Å². The van der Waals surface area contributed by atoms with E-state index in [9.17, 15) is 14.4 Å². The van der Waals surface area contributed by atoms with Crippen molar-refractivity contribution in [2.45, 2.75) is 52.3 Å². The zero-order valence-electron chi connectivity index (χ0n) is 19.3. The van der Waals surface area contributed by atoms with Crippen LogP contribution in [0.15, 0.2) is 54.6 Å². The molecule has 2 aromatic rings. The number of benzene rings is 2. The minimum Gasteiger partial charge on any atom is -0.497 e. The summed E-state index contributed by atoms with van der Waals surface area (Å²) in [6, 6.07) is 14.4. The van der Waals surface area contributed by atoms with Crippen LogP contribution >= 0.6 is 0 Å². The second kappa shape index (κ2) is 11.9. The molecule has 0 spiro atoms. The van der Waals surface area contributed by atoms with E-state index in [4.69, 9.17) is 9.47 Å². The van der Waals surface area contributed by atoms with E-state index >= 15 is 0 Å². The minimum atomic E-state index is -0.873. The Kier molecular flexibility index (Phi) is 9.25. The predicted molar refractivity (Wildman–Crippen MR) is 122 cm³/mol. The van der Waals surface area contributed by atoms with Crippen LogP contribution in [-0.4, -0.2) is 43.1 Å². The van der Waals surface area contributed by atoms with Crippen LogP contribution in [0.3, 0.4) is 0 Å². The van der Waals surface area contributed by atoms with Crippen LogP contribution in [0, 0.1) is 5.92 Å². The lowest BCUT2D eigenvalue weighted by Crippen LogP contribution is -2.54. The second-order valence-corrected chi connectivity index (χ2v) is 8.16. The van der Waals surface area contributed by atoms with Crippen LogP contribution in [-0.2, 0) is 20.7 Å². The number of esters is 1. The zero-order chi connectivity index (χ0) is 23.7. The lowest BCUT2D eigenvalue weighted by Gasteiger charge is -2.25. The van der Waals surface area contributed by atoms with Crippen molar-refractivity contribution in [2.24, 2.45) is 5.92 Å². The molecule has 0 aliphatic carbocycles. The summed E-state index contributed by atoms with van der Waals surface area (Å²) in [6.45, 7) is 7.17. The molecular weight excluding hydrogens is 408 g/mol. The van der Waals surface area contributed by atoms with Gasteiger partial charge in [-0.05, 0) is 43.5 Å². The fourth-order valence-corrected chi connectivity index (χ4v) is 3.14. The third kappa shape index (κ3) is 7.41. The summed E-state index contributed by atoms with van der Waals surface area (Å²) in [5.74, 6) is -1.02. The monoisotopic (exact) mass is 440 g/mol. The van der Waals surface area contributed by atoms with Crippen molar-refractivity contribution >= 4 is 17.8 Å². The Bertz CT molecular complexity index is 912. The van der Waals surface area contributed by atoms with Gasteiger partial charge in [0.15, 0.2) is 0 Å². The summed E-state index contributed by atoms with van der Waals surface area (Å²) in [5.41, 5.74) is 1.27. The summed E-state index contributed by atoms with van der Waals surface area (Å²) in [5, 5.41) is 5.55. The first-order valence-electron chi connectivity index (χ1n) is 10.7. The predicted octanol–water partition coefficient (Wildman–Crippen LogP) is 3.13. The molecule has 0 aliphatic rings. The third-order valence-corrected chi connectivity index (χ3v) is 4.80. The van der Waals surface area contributed by atoms with E-state index in [-0.39, 0.29) is 18.4 Å². The number of amides is 2. The molecule has 172 valence electrons. The van der Waals surface area contributed by atoms with Gasteiger partial charge in [0.25, 0.3) is 5.91 Å². The van der Waals surface area contributed by atoms with E-state index in [0.29, 0.717) is 11.3 Å². The zero-order valence-corrected chi connectivity index (χ0v) is 19.3. The normalized spacial score (nSPS) is 12.7. The van der Waals surface area contributed by atoms with Crippen molar-refractivity contribution in [3.8, 4) is 5.75 Å². The minimum absolute atomic E-state index is 0.206. The number of hydrogen-bond acceptors (Lipinski definition) is 5. The number of nitrogens with one attached hydrogen (secondary N) is 2. The fourth-order valence-electron chi connectivity index (χ4n) is 3.14. The van der Waals surface area contributed by atoms with Crippen LogP contribution in [0.1, 0.15) is 43.6 Å². The molecule has 32 heavy (non-hydrogen) atoms. The Balaban J connectivity index is 2.17. The molecule has 7 nitrogen and oxygen atoms in total. The highest BCUT2D eigenvalue weighted by molar-refractivity contribution is 5.98. The second-order valence-electron chi connectivity index (χ2n) is 8.16. The summed E-state index contributed by atoms with van der Waals surface area (Å²) in [6.07, 6.45) is -0.0291. The standard InChI is InChI=1S/C25H32N2O5/c1-16(2)22(27-23(28)19-12-9-13-20(15-19)31-5)24(29)26-21(25(30)32-17(3)4)14-18-10-7-6-8-11-18/h6-13,15-17,21-22H,14H2,1-5H3,(H,26,29)(H,27,28). The molecule has 0 saturated heterocycles. The summed E-state index contributed by atoms with van der Waals surface area (Å²) < 4.78 is 10.5. The van der Waals surface area contributed by atoms with Gasteiger partial charge in [-0.2, -0.15) is 0 Å². The van der Waals surface area contributed by atoms with Crippen molar-refractivity contribution in [3.63, 3.8) is 0 Å². The molecular formula is C25H32N2O5. The van der Waals surface area contributed by atoms with Crippen molar-refractivity contribution in [1.82, 2.24) is 10.6 Å². The Morgan fingerprint density at radius 2 is 1.59 bits per heavy atom. The smallest absolute Gasteiger partial charge is 0.329 e. The highest BCUT2D eigenvalue weighted by Crippen LogP contribution is 2.14. The Morgan fingerprint density at radius 3 is 2.19 bits per heavy atom. The highest BCUT2D eigenvalue weighted by Gasteiger charge is 2.30. The molecule has 0 saturated carbocycles. The molecule has 0 bridgehead atoms. The highest BCUT2D eigenvalue weighted by atomic mass is 16.5. The molecule has 2 aromatic carbocycles. The van der Waals surface area contributed by atoms with Gasteiger partial charge < -0.3 is 20.1 Å². The van der Waals surface area contributed by atoms with Gasteiger partial charge in [-0.15, -0.1) is 0 Å². The number of methoxy groups -OCH3 is 1. The SMILES string of the molecule is COc1cccc(C(=O)NC(C(=O)NC(Cc2ccccc2)C(=O)OC(C)C)C(C)C)c1. The summed E-state index contributed by atoms with van der Waals surface area (Å²) >= 11 is 0. The van der Waals surface area contributed by atoms with Crippen LogP contribution in [0.25, 0.3) is 0 Å². The Labute approximate surface area is 189 Å². The van der Waals surface area contributed by atoms with Gasteiger partial charge in [0, 0.05) is 12.0 Å². The fraction of sp³-hybridized carbons (Fsp3) is 0.400. The third-order valence-electron chi connectivity index (χ3n) is 4.80. The molecule has 7 heteroatoms. The number of ether oxygens (including phenoxy) is 2. The van der Waals surface area contributed by atoms with Crippen LogP contribution < -0.4 is 15.4 Å². The molecule has 2 unspecified atom stereocenters. The van der Waals surface area contributed by atoms with Crippen LogP contribution in [0.4, 0.5) is 0 Å². The molecule has 2 amide bonds. The maximum atomic E-state index is 13.1. The van der Waals surface area contributed by atoms with Gasteiger partial charge in [0.05, 0.1) is 13.2 Å². The first kappa shape index (κ1) is 24.9. The topological polar surface area (TPSA) is 93.7 Å². The molecule has 2 atom stereocenters. The largest absolute Gasteiger partial charge is 0.497 e. The molecule has 0 aromatic heterocycles. The number of hydrogen-bond donors (Lipinski definition) is 2. The van der Waals surface area contributed by atoms with E-state index in [1.54, 1.807) is 38.1 Å². The first-order chi connectivity index (χ1) is 15.2. The maximum absolute atomic E-state index is 13.1. The van der Waals surface area contributed by atoms with Crippen molar-refractivity contribution < 1.29 is 23.9 Å². The maximum Gasteiger partial charge on any atom is 0.329 e. The van der Waals surface area contributed by atoms with Crippen molar-refractivity contribution in [1.29, 1.82) is 0 Å². The molecule has 0 heterocycles. The number of carbonyl (C=O) groups is 3. The molecule has 0 fully saturated rings. The first-order valence-corrected chi connectivity index (χ1v) is 10.7. The lowest BCUT2D eigenvalue weighted by molar-refractivity contribution is -0.151. The summed E-state index contributed by atoms with van der Waals surface area (Å²) in [7, 11) is 1.52. The molecule has 2 N–H and O–H groups in total. The van der Waals surface area contributed by atoms with Gasteiger partial charge in [-0.25, -0.2) is 4.79 Å². The van der Waals surface area contributed by atoms with Crippen molar-refractivity contribution in [2.75, 3.05) is 7.11 Å². The lowest BCUT2D eigenvalue weighted by atomic mass is 10.0. The molecule has 0 aliphatic heterocycles. The van der Waals surface area contributed by atoms with E-state index in [2.05, 4.69) is 10.6 Å². The summed E-state index contributed by atoms with van der Waals surface area (Å²) in [4.78, 5) is 38.5. The van der Waals surface area contributed by atoms with Gasteiger partial charge in [-0.1, -0.05) is 50.2 Å². The van der Waals surface area contributed by atoms with E-state index < -0.39 is 29.9 Å². The quantitative estimate of drug-likeness (QED) is 0.554. The number of carbonyl (C=O) groups excluding carboxylic acids is 3. The average Bonchev–Trinajstić information content (AvgIpc) is 2.76. The van der Waals surface area contributed by atoms with E-state index in [0.717, 1.165) is 5.56 Å². The van der Waals surface area contributed by atoms with Crippen molar-refractivity contribution in [3.05, 3.63) is 65.7 Å². The number of rotatable bonds is 10. The van der Waals surface area contributed by atoms with Gasteiger partial charge in [-0.3, -0.25) is 9.59 Å². The van der Waals surface area contributed by atoms with E-state index in [1.165, 1.54) is 7.11 Å². The van der Waals surface area contributed by atoms with E-state index in [1.807, 2.05) is 44.2 Å². The Morgan fingerprint density at radius 1 is 0.906 bits per heavy atom. The van der Waals surface area contributed by atoms with Gasteiger partial charge in [0.2, 0.25) is 5.91 Å². The average molecular weight is 441 g/mol.